The zero-order chi connectivity index (χ0) is 22.1. The molecule has 0 bridgehead atoms. The fourth-order valence-electron chi connectivity index (χ4n) is 5.00. The molecule has 1 unspecified atom stereocenters. The zero-order valence-electron chi connectivity index (χ0n) is 18.8. The Morgan fingerprint density at radius 2 is 2.09 bits per heavy atom. The maximum absolute atomic E-state index is 12.0. The van der Waals surface area contributed by atoms with E-state index in [9.17, 15) is 4.79 Å². The molecule has 166 valence electrons. The number of piperidine rings is 1. The van der Waals surface area contributed by atoms with Gasteiger partial charge in [0.05, 0.1) is 23.8 Å². The SMILES string of the molecule is CNc1nc(C2CCCCN2Cc2ccc3ncccc3c2)nc2c1CCN(C(C)=O)C2. The summed E-state index contributed by atoms with van der Waals surface area (Å²) in [4.78, 5) is 30.8. The number of pyridine rings is 1. The van der Waals surface area contributed by atoms with Crippen LogP contribution in [0.4, 0.5) is 5.82 Å². The average molecular weight is 431 g/mol. The van der Waals surface area contributed by atoms with E-state index in [2.05, 4.69) is 39.5 Å². The second-order valence-electron chi connectivity index (χ2n) is 8.81. The standard InChI is InChI=1S/C25H30N6O/c1-17(32)30-13-10-20-22(16-30)28-25(29-24(20)26-2)23-7-3-4-12-31(23)15-18-8-9-21-19(14-18)6-5-11-27-21/h5-6,8-9,11,14,23H,3-4,7,10,12-13,15-16H2,1-2H3,(H,26,28,29). The molecule has 32 heavy (non-hydrogen) atoms. The van der Waals surface area contributed by atoms with Gasteiger partial charge < -0.3 is 10.2 Å². The van der Waals surface area contributed by atoms with E-state index in [1.807, 2.05) is 24.2 Å². The van der Waals surface area contributed by atoms with Gasteiger partial charge in [-0.05, 0) is 49.6 Å². The van der Waals surface area contributed by atoms with Gasteiger partial charge in [0.15, 0.2) is 0 Å². The number of rotatable bonds is 4. The highest BCUT2D eigenvalue weighted by Gasteiger charge is 2.30. The van der Waals surface area contributed by atoms with Gasteiger partial charge in [0.2, 0.25) is 5.91 Å². The number of anilines is 1. The minimum absolute atomic E-state index is 0.104. The molecule has 1 aromatic carbocycles. The van der Waals surface area contributed by atoms with Crippen LogP contribution in [-0.2, 0) is 24.3 Å². The molecule has 1 saturated heterocycles. The van der Waals surface area contributed by atoms with Crippen LogP contribution in [0.25, 0.3) is 10.9 Å². The van der Waals surface area contributed by atoms with Crippen LogP contribution in [0.3, 0.4) is 0 Å². The van der Waals surface area contributed by atoms with Crippen molar-refractivity contribution in [1.29, 1.82) is 0 Å². The second kappa shape index (κ2) is 8.82. The van der Waals surface area contributed by atoms with E-state index in [0.29, 0.717) is 6.54 Å². The van der Waals surface area contributed by atoms with Gasteiger partial charge in [-0.15, -0.1) is 0 Å². The highest BCUT2D eigenvalue weighted by atomic mass is 16.2. The van der Waals surface area contributed by atoms with Crippen molar-refractivity contribution in [2.75, 3.05) is 25.5 Å². The first-order valence-corrected chi connectivity index (χ1v) is 11.5. The molecule has 2 aliphatic rings. The summed E-state index contributed by atoms with van der Waals surface area (Å²) in [6.07, 6.45) is 6.05. The Labute approximate surface area is 188 Å². The van der Waals surface area contributed by atoms with E-state index in [-0.39, 0.29) is 11.9 Å². The van der Waals surface area contributed by atoms with Crippen LogP contribution in [0, 0.1) is 0 Å². The number of hydrogen-bond donors (Lipinski definition) is 1. The first kappa shape index (κ1) is 20.8. The predicted octanol–water partition coefficient (Wildman–Crippen LogP) is 3.70. The van der Waals surface area contributed by atoms with Gasteiger partial charge in [0.25, 0.3) is 0 Å². The summed E-state index contributed by atoms with van der Waals surface area (Å²) >= 11 is 0. The molecular weight excluding hydrogens is 400 g/mol. The van der Waals surface area contributed by atoms with E-state index < -0.39 is 0 Å². The number of aromatic nitrogens is 3. The molecule has 0 aliphatic carbocycles. The molecule has 1 amide bonds. The molecule has 3 aromatic rings. The first-order valence-electron chi connectivity index (χ1n) is 11.5. The molecule has 0 spiro atoms. The van der Waals surface area contributed by atoms with Crippen molar-refractivity contribution in [3.05, 3.63) is 59.2 Å². The molecule has 2 aromatic heterocycles. The van der Waals surface area contributed by atoms with Crippen LogP contribution >= 0.6 is 0 Å². The molecule has 1 atom stereocenters. The van der Waals surface area contributed by atoms with Crippen molar-refractivity contribution in [2.24, 2.45) is 0 Å². The Morgan fingerprint density at radius 3 is 2.94 bits per heavy atom. The summed E-state index contributed by atoms with van der Waals surface area (Å²) in [6.45, 7) is 4.83. The molecule has 0 radical (unpaired) electrons. The maximum atomic E-state index is 12.0. The van der Waals surface area contributed by atoms with Crippen LogP contribution in [0.15, 0.2) is 36.5 Å². The third kappa shape index (κ3) is 4.05. The van der Waals surface area contributed by atoms with Crippen LogP contribution in [0.5, 0.6) is 0 Å². The number of nitrogens with one attached hydrogen (secondary N) is 1. The minimum atomic E-state index is 0.104. The highest BCUT2D eigenvalue weighted by molar-refractivity contribution is 5.78. The molecule has 1 fully saturated rings. The lowest BCUT2D eigenvalue weighted by molar-refractivity contribution is -0.129. The number of nitrogens with zero attached hydrogens (tertiary/aromatic N) is 5. The lowest BCUT2D eigenvalue weighted by Gasteiger charge is -2.36. The largest absolute Gasteiger partial charge is 0.373 e. The van der Waals surface area contributed by atoms with Crippen molar-refractivity contribution in [1.82, 2.24) is 24.8 Å². The quantitative estimate of drug-likeness (QED) is 0.680. The Morgan fingerprint density at radius 1 is 1.19 bits per heavy atom. The Kier molecular flexibility index (Phi) is 5.74. The van der Waals surface area contributed by atoms with E-state index in [4.69, 9.17) is 9.97 Å². The number of carbonyl (C=O) groups is 1. The third-order valence-electron chi connectivity index (χ3n) is 6.73. The smallest absolute Gasteiger partial charge is 0.219 e. The van der Waals surface area contributed by atoms with Crippen molar-refractivity contribution in [2.45, 2.75) is 51.7 Å². The summed E-state index contributed by atoms with van der Waals surface area (Å²) in [5, 5.41) is 4.45. The number of benzene rings is 1. The number of fused-ring (bicyclic) bond motifs is 2. The van der Waals surface area contributed by atoms with Crippen molar-refractivity contribution in [3.8, 4) is 0 Å². The van der Waals surface area contributed by atoms with Gasteiger partial charge in [-0.2, -0.15) is 0 Å². The van der Waals surface area contributed by atoms with Crippen molar-refractivity contribution < 1.29 is 4.79 Å². The molecule has 7 nitrogen and oxygen atoms in total. The van der Waals surface area contributed by atoms with Gasteiger partial charge in [0, 0.05) is 44.2 Å². The lowest BCUT2D eigenvalue weighted by atomic mass is 9.99. The average Bonchev–Trinajstić information content (AvgIpc) is 2.83. The Balaban J connectivity index is 1.45. The van der Waals surface area contributed by atoms with Crippen LogP contribution in [-0.4, -0.2) is 50.8 Å². The molecule has 0 saturated carbocycles. The van der Waals surface area contributed by atoms with E-state index in [0.717, 1.165) is 60.9 Å². The lowest BCUT2D eigenvalue weighted by Crippen LogP contribution is -2.37. The molecule has 2 aliphatic heterocycles. The Bertz CT molecular complexity index is 1150. The minimum Gasteiger partial charge on any atom is -0.373 e. The summed E-state index contributed by atoms with van der Waals surface area (Å²) in [7, 11) is 1.92. The summed E-state index contributed by atoms with van der Waals surface area (Å²) in [5.41, 5.74) is 4.45. The van der Waals surface area contributed by atoms with Gasteiger partial charge >= 0.3 is 0 Å². The number of hydrogen-bond acceptors (Lipinski definition) is 6. The molecule has 5 rings (SSSR count). The first-order chi connectivity index (χ1) is 15.6. The Hall–Kier alpha value is -3.06. The predicted molar refractivity (Wildman–Crippen MR) is 125 cm³/mol. The maximum Gasteiger partial charge on any atom is 0.219 e. The summed E-state index contributed by atoms with van der Waals surface area (Å²) < 4.78 is 0. The van der Waals surface area contributed by atoms with Crippen molar-refractivity contribution >= 4 is 22.6 Å². The zero-order valence-corrected chi connectivity index (χ0v) is 18.8. The number of likely N-dealkylation sites (tertiary alicyclic amines) is 1. The van der Waals surface area contributed by atoms with Crippen molar-refractivity contribution in [3.63, 3.8) is 0 Å². The normalized spacial score (nSPS) is 19.1. The topological polar surface area (TPSA) is 74.2 Å². The third-order valence-corrected chi connectivity index (χ3v) is 6.73. The van der Waals surface area contributed by atoms with Gasteiger partial charge in [-0.25, -0.2) is 9.97 Å². The number of carbonyl (C=O) groups excluding carboxylic acids is 1. The van der Waals surface area contributed by atoms with Crippen LogP contribution in [0.2, 0.25) is 0 Å². The van der Waals surface area contributed by atoms with E-state index in [1.54, 1.807) is 6.92 Å². The van der Waals surface area contributed by atoms with Gasteiger partial charge in [-0.1, -0.05) is 18.6 Å². The fraction of sp³-hybridized carbons (Fsp3) is 0.440. The molecule has 4 heterocycles. The second-order valence-corrected chi connectivity index (χ2v) is 8.81. The van der Waals surface area contributed by atoms with E-state index in [1.165, 1.54) is 23.8 Å². The highest BCUT2D eigenvalue weighted by Crippen LogP contribution is 2.33. The molecule has 1 N–H and O–H groups in total. The van der Waals surface area contributed by atoms with E-state index >= 15 is 0 Å². The summed E-state index contributed by atoms with van der Waals surface area (Å²) in [6, 6.07) is 10.8. The molecule has 7 heteroatoms. The fourth-order valence-corrected chi connectivity index (χ4v) is 5.00. The van der Waals surface area contributed by atoms with Gasteiger partial charge in [0.1, 0.15) is 11.6 Å². The van der Waals surface area contributed by atoms with Gasteiger partial charge in [-0.3, -0.25) is 14.7 Å². The van der Waals surface area contributed by atoms with Crippen LogP contribution in [0.1, 0.15) is 54.9 Å². The number of amides is 1. The van der Waals surface area contributed by atoms with Crippen LogP contribution < -0.4 is 5.32 Å². The molecular formula is C25H30N6O. The summed E-state index contributed by atoms with van der Waals surface area (Å²) in [5.74, 6) is 1.89. The monoisotopic (exact) mass is 430 g/mol.